The molecular formula is C17H15BrO3. The van der Waals surface area contributed by atoms with E-state index < -0.39 is 5.97 Å². The number of halogens is 1. The van der Waals surface area contributed by atoms with Gasteiger partial charge in [0.15, 0.2) is 5.78 Å². The van der Waals surface area contributed by atoms with Crippen LogP contribution < -0.4 is 0 Å². The van der Waals surface area contributed by atoms with Crippen LogP contribution in [-0.2, 0) is 4.79 Å². The molecule has 1 fully saturated rings. The fourth-order valence-electron chi connectivity index (χ4n) is 3.14. The SMILES string of the molecule is O=C(O)C1CCC(C(=O)c2ccc(Br)c3ccccc23)C1. The van der Waals surface area contributed by atoms with Crippen molar-refractivity contribution in [1.82, 2.24) is 0 Å². The third kappa shape index (κ3) is 2.60. The highest BCUT2D eigenvalue weighted by Crippen LogP contribution is 2.35. The fourth-order valence-corrected chi connectivity index (χ4v) is 3.62. The first-order valence-electron chi connectivity index (χ1n) is 7.02. The van der Waals surface area contributed by atoms with Gasteiger partial charge >= 0.3 is 5.97 Å². The summed E-state index contributed by atoms with van der Waals surface area (Å²) in [6.07, 6.45) is 1.72. The van der Waals surface area contributed by atoms with Crippen LogP contribution in [0.25, 0.3) is 10.8 Å². The Morgan fingerprint density at radius 1 is 1.00 bits per heavy atom. The Bertz CT molecular complexity index is 723. The van der Waals surface area contributed by atoms with Crippen molar-refractivity contribution >= 4 is 38.5 Å². The molecule has 0 amide bonds. The Balaban J connectivity index is 1.96. The fraction of sp³-hybridized carbons (Fsp3) is 0.294. The topological polar surface area (TPSA) is 54.4 Å². The largest absolute Gasteiger partial charge is 0.481 e. The van der Waals surface area contributed by atoms with Gasteiger partial charge in [-0.05, 0) is 42.2 Å². The van der Waals surface area contributed by atoms with Gasteiger partial charge in [-0.3, -0.25) is 9.59 Å². The van der Waals surface area contributed by atoms with E-state index in [1.165, 1.54) is 0 Å². The zero-order valence-corrected chi connectivity index (χ0v) is 13.0. The summed E-state index contributed by atoms with van der Waals surface area (Å²) in [5.41, 5.74) is 0.699. The molecule has 21 heavy (non-hydrogen) atoms. The molecule has 3 rings (SSSR count). The van der Waals surface area contributed by atoms with Gasteiger partial charge in [-0.2, -0.15) is 0 Å². The third-order valence-electron chi connectivity index (χ3n) is 4.29. The van der Waals surface area contributed by atoms with E-state index in [1.54, 1.807) is 0 Å². The van der Waals surface area contributed by atoms with Crippen LogP contribution in [0.15, 0.2) is 40.9 Å². The number of benzene rings is 2. The lowest BCUT2D eigenvalue weighted by molar-refractivity contribution is -0.141. The van der Waals surface area contributed by atoms with Crippen molar-refractivity contribution in [2.45, 2.75) is 19.3 Å². The molecule has 108 valence electrons. The molecular weight excluding hydrogens is 332 g/mol. The maximum atomic E-state index is 12.7. The zero-order valence-electron chi connectivity index (χ0n) is 11.4. The molecule has 0 spiro atoms. The molecule has 3 nitrogen and oxygen atoms in total. The Labute approximate surface area is 131 Å². The number of carbonyl (C=O) groups is 2. The summed E-state index contributed by atoms with van der Waals surface area (Å²) in [7, 11) is 0. The Kier molecular flexibility index (Phi) is 3.81. The molecule has 1 aliphatic rings. The highest BCUT2D eigenvalue weighted by molar-refractivity contribution is 9.10. The van der Waals surface area contributed by atoms with Crippen molar-refractivity contribution in [3.05, 3.63) is 46.4 Å². The first-order valence-corrected chi connectivity index (χ1v) is 7.81. The number of carboxylic acids is 1. The number of carboxylic acid groups (broad SMARTS) is 1. The van der Waals surface area contributed by atoms with Crippen LogP contribution in [0, 0.1) is 11.8 Å². The van der Waals surface area contributed by atoms with Gasteiger partial charge in [0.05, 0.1) is 5.92 Å². The number of Topliss-reactive ketones (excluding diaryl/α,β-unsaturated/α-hetero) is 1. The number of ketones is 1. The Morgan fingerprint density at radius 3 is 2.33 bits per heavy atom. The van der Waals surface area contributed by atoms with E-state index in [2.05, 4.69) is 15.9 Å². The minimum absolute atomic E-state index is 0.0717. The maximum Gasteiger partial charge on any atom is 0.306 e. The number of hydrogen-bond donors (Lipinski definition) is 1. The van der Waals surface area contributed by atoms with Gasteiger partial charge in [0.1, 0.15) is 0 Å². The molecule has 2 aromatic carbocycles. The molecule has 4 heteroatoms. The predicted molar refractivity (Wildman–Crippen MR) is 84.4 cm³/mol. The van der Waals surface area contributed by atoms with Crippen molar-refractivity contribution in [2.75, 3.05) is 0 Å². The van der Waals surface area contributed by atoms with Crippen LogP contribution in [0.2, 0.25) is 0 Å². The summed E-state index contributed by atoms with van der Waals surface area (Å²) in [6, 6.07) is 11.5. The molecule has 2 aromatic rings. The van der Waals surface area contributed by atoms with Crippen LogP contribution in [0.4, 0.5) is 0 Å². The summed E-state index contributed by atoms with van der Waals surface area (Å²) in [5, 5.41) is 11.0. The van der Waals surface area contributed by atoms with E-state index in [4.69, 9.17) is 5.11 Å². The van der Waals surface area contributed by atoms with E-state index in [9.17, 15) is 9.59 Å². The number of carbonyl (C=O) groups excluding carboxylic acids is 1. The highest BCUT2D eigenvalue weighted by atomic mass is 79.9. The van der Waals surface area contributed by atoms with Crippen molar-refractivity contribution < 1.29 is 14.7 Å². The monoisotopic (exact) mass is 346 g/mol. The van der Waals surface area contributed by atoms with E-state index >= 15 is 0 Å². The molecule has 0 saturated heterocycles. The average molecular weight is 347 g/mol. The lowest BCUT2D eigenvalue weighted by atomic mass is 9.92. The van der Waals surface area contributed by atoms with Crippen molar-refractivity contribution in [3.8, 4) is 0 Å². The minimum atomic E-state index is -0.786. The summed E-state index contributed by atoms with van der Waals surface area (Å²) in [6.45, 7) is 0. The second kappa shape index (κ2) is 5.60. The van der Waals surface area contributed by atoms with Crippen LogP contribution in [0.5, 0.6) is 0 Å². The van der Waals surface area contributed by atoms with E-state index in [0.29, 0.717) is 24.8 Å². The third-order valence-corrected chi connectivity index (χ3v) is 4.98. The van der Waals surface area contributed by atoms with Crippen LogP contribution in [0.1, 0.15) is 29.6 Å². The van der Waals surface area contributed by atoms with Gasteiger partial charge in [0, 0.05) is 16.0 Å². The number of rotatable bonds is 3. The standard InChI is InChI=1S/C17H15BrO3/c18-15-8-7-14(12-3-1-2-4-13(12)15)16(19)10-5-6-11(9-10)17(20)21/h1-4,7-8,10-11H,5-6,9H2,(H,20,21). The zero-order chi connectivity index (χ0) is 15.0. The van der Waals surface area contributed by atoms with Crippen LogP contribution in [0.3, 0.4) is 0 Å². The van der Waals surface area contributed by atoms with Crippen molar-refractivity contribution in [1.29, 1.82) is 0 Å². The van der Waals surface area contributed by atoms with E-state index in [-0.39, 0.29) is 17.6 Å². The normalized spacial score (nSPS) is 21.6. The van der Waals surface area contributed by atoms with Crippen LogP contribution >= 0.6 is 15.9 Å². The summed E-state index contributed by atoms with van der Waals surface area (Å²) in [4.78, 5) is 23.8. The van der Waals surface area contributed by atoms with Crippen LogP contribution in [-0.4, -0.2) is 16.9 Å². The second-order valence-corrected chi connectivity index (χ2v) is 6.40. The lowest BCUT2D eigenvalue weighted by Crippen LogP contribution is -2.15. The quantitative estimate of drug-likeness (QED) is 0.843. The van der Waals surface area contributed by atoms with Crippen molar-refractivity contribution in [2.24, 2.45) is 11.8 Å². The summed E-state index contributed by atoms with van der Waals surface area (Å²) in [5.74, 6) is -1.26. The Morgan fingerprint density at radius 2 is 1.67 bits per heavy atom. The molecule has 0 bridgehead atoms. The first kappa shape index (κ1) is 14.3. The van der Waals surface area contributed by atoms with Gasteiger partial charge in [0.25, 0.3) is 0 Å². The van der Waals surface area contributed by atoms with E-state index in [0.717, 1.165) is 15.2 Å². The molecule has 0 aliphatic heterocycles. The highest BCUT2D eigenvalue weighted by Gasteiger charge is 2.34. The van der Waals surface area contributed by atoms with Crippen molar-refractivity contribution in [3.63, 3.8) is 0 Å². The molecule has 0 radical (unpaired) electrons. The Hall–Kier alpha value is -1.68. The van der Waals surface area contributed by atoms with Gasteiger partial charge in [-0.15, -0.1) is 0 Å². The maximum absolute atomic E-state index is 12.7. The molecule has 1 N–H and O–H groups in total. The molecule has 0 aromatic heterocycles. The average Bonchev–Trinajstić information content (AvgIpc) is 2.97. The van der Waals surface area contributed by atoms with Gasteiger partial charge < -0.3 is 5.11 Å². The van der Waals surface area contributed by atoms with Gasteiger partial charge in [-0.25, -0.2) is 0 Å². The number of hydrogen-bond acceptors (Lipinski definition) is 2. The molecule has 1 aliphatic carbocycles. The second-order valence-electron chi connectivity index (χ2n) is 5.55. The smallest absolute Gasteiger partial charge is 0.306 e. The molecule has 2 unspecified atom stereocenters. The minimum Gasteiger partial charge on any atom is -0.481 e. The lowest BCUT2D eigenvalue weighted by Gasteiger charge is -2.12. The predicted octanol–water partition coefficient (Wildman–Crippen LogP) is 4.29. The number of aliphatic carboxylic acids is 1. The molecule has 0 heterocycles. The van der Waals surface area contributed by atoms with Gasteiger partial charge in [-0.1, -0.05) is 40.2 Å². The summed E-state index contributed by atoms with van der Waals surface area (Å²) >= 11 is 3.50. The summed E-state index contributed by atoms with van der Waals surface area (Å²) < 4.78 is 0.962. The first-order chi connectivity index (χ1) is 10.1. The number of fused-ring (bicyclic) bond motifs is 1. The molecule has 1 saturated carbocycles. The van der Waals surface area contributed by atoms with Gasteiger partial charge in [0.2, 0.25) is 0 Å². The molecule has 2 atom stereocenters. The van der Waals surface area contributed by atoms with E-state index in [1.807, 2.05) is 36.4 Å².